The predicted molar refractivity (Wildman–Crippen MR) is 107 cm³/mol. The maximum atomic E-state index is 11.2. The molecule has 0 aromatic carbocycles. The Morgan fingerprint density at radius 1 is 1.25 bits per heavy atom. The van der Waals surface area contributed by atoms with Gasteiger partial charge >= 0.3 is 11.9 Å². The van der Waals surface area contributed by atoms with Crippen molar-refractivity contribution in [2.75, 3.05) is 0 Å². The van der Waals surface area contributed by atoms with E-state index in [2.05, 4.69) is 29.2 Å². The lowest BCUT2D eigenvalue weighted by atomic mass is 9.82. The minimum Gasteiger partial charge on any atom is -0.480 e. The zero-order valence-corrected chi connectivity index (χ0v) is 16.5. The largest absolute Gasteiger partial charge is 0.480 e. The molecule has 7 heteroatoms. The Kier molecular flexibility index (Phi) is 6.54. The van der Waals surface area contributed by atoms with Gasteiger partial charge in [0.05, 0.1) is 0 Å². The molecule has 4 unspecified atom stereocenters. The number of aliphatic carboxylic acids is 2. The third-order valence-corrected chi connectivity index (χ3v) is 6.29. The molecule has 3 heterocycles. The molecule has 154 valence electrons. The van der Waals surface area contributed by atoms with E-state index in [-0.39, 0.29) is 0 Å². The van der Waals surface area contributed by atoms with Gasteiger partial charge < -0.3 is 20.8 Å². The number of allylic oxidation sites excluding steroid dienone is 2. The highest BCUT2D eigenvalue weighted by atomic mass is 16.4. The van der Waals surface area contributed by atoms with Crippen LogP contribution in [-0.4, -0.2) is 50.9 Å². The molecule has 3 aliphatic heterocycles. The van der Waals surface area contributed by atoms with Crippen LogP contribution in [0.1, 0.15) is 64.7 Å². The van der Waals surface area contributed by atoms with E-state index in [0.717, 1.165) is 50.7 Å². The van der Waals surface area contributed by atoms with E-state index in [9.17, 15) is 14.7 Å². The summed E-state index contributed by atoms with van der Waals surface area (Å²) in [6.45, 7) is 2.18. The van der Waals surface area contributed by atoms with Gasteiger partial charge in [-0.05, 0) is 56.4 Å². The second-order valence-electron chi connectivity index (χ2n) is 8.15. The third-order valence-electron chi connectivity index (χ3n) is 6.29. The molecule has 0 aromatic heterocycles. The van der Waals surface area contributed by atoms with Crippen LogP contribution in [0.25, 0.3) is 0 Å². The van der Waals surface area contributed by atoms with Crippen LogP contribution in [0.5, 0.6) is 0 Å². The lowest BCUT2D eigenvalue weighted by molar-refractivity contribution is -0.139. The van der Waals surface area contributed by atoms with Gasteiger partial charge in [-0.3, -0.25) is 9.79 Å². The summed E-state index contributed by atoms with van der Waals surface area (Å²) in [4.78, 5) is 28.9. The van der Waals surface area contributed by atoms with E-state index < -0.39 is 24.0 Å². The van der Waals surface area contributed by atoms with E-state index in [0.29, 0.717) is 24.8 Å². The second-order valence-corrected chi connectivity index (χ2v) is 8.15. The van der Waals surface area contributed by atoms with Crippen molar-refractivity contribution in [2.45, 2.75) is 82.8 Å². The maximum absolute atomic E-state index is 11.2. The van der Waals surface area contributed by atoms with Gasteiger partial charge in [-0.25, -0.2) is 4.79 Å². The maximum Gasteiger partial charge on any atom is 0.328 e. The molecule has 0 aliphatic carbocycles. The highest BCUT2D eigenvalue weighted by Crippen LogP contribution is 2.36. The number of carboxylic acids is 2. The molecule has 0 aromatic rings. The molecule has 28 heavy (non-hydrogen) atoms. The first kappa shape index (κ1) is 20.6. The van der Waals surface area contributed by atoms with Crippen LogP contribution >= 0.6 is 0 Å². The van der Waals surface area contributed by atoms with Gasteiger partial charge in [-0.15, -0.1) is 0 Å². The van der Waals surface area contributed by atoms with Crippen LogP contribution in [-0.2, 0) is 9.59 Å². The fourth-order valence-corrected chi connectivity index (χ4v) is 4.54. The fraction of sp³-hybridized carbons (Fsp3) is 0.667. The first-order valence-corrected chi connectivity index (χ1v) is 10.4. The Hall–Kier alpha value is -2.15. The molecular formula is C21H31N3O4. The summed E-state index contributed by atoms with van der Waals surface area (Å²) in [5.41, 5.74) is 9.20. The van der Waals surface area contributed by atoms with Crippen molar-refractivity contribution in [2.24, 2.45) is 16.6 Å². The van der Waals surface area contributed by atoms with Gasteiger partial charge in [0.25, 0.3) is 0 Å². The molecule has 7 nitrogen and oxygen atoms in total. The molecule has 0 amide bonds. The van der Waals surface area contributed by atoms with Gasteiger partial charge in [0.15, 0.2) is 0 Å². The minimum absolute atomic E-state index is 0.358. The van der Waals surface area contributed by atoms with E-state index in [1.165, 1.54) is 11.1 Å². The van der Waals surface area contributed by atoms with E-state index in [1.54, 1.807) is 0 Å². The summed E-state index contributed by atoms with van der Waals surface area (Å²) in [5.74, 6) is -1.30. The number of rotatable bonds is 8. The highest BCUT2D eigenvalue weighted by Gasteiger charge is 2.33. The number of nitrogens with two attached hydrogens (primary N) is 1. The van der Waals surface area contributed by atoms with E-state index in [1.807, 2.05) is 0 Å². The van der Waals surface area contributed by atoms with Crippen molar-refractivity contribution < 1.29 is 19.8 Å². The van der Waals surface area contributed by atoms with E-state index >= 15 is 0 Å². The number of fused-ring (bicyclic) bond motifs is 2. The van der Waals surface area contributed by atoms with Crippen molar-refractivity contribution in [1.82, 2.24) is 4.90 Å². The monoisotopic (exact) mass is 389 g/mol. The number of carbonyl (C=O) groups is 2. The smallest absolute Gasteiger partial charge is 0.328 e. The molecule has 0 bridgehead atoms. The van der Waals surface area contributed by atoms with Crippen molar-refractivity contribution in [3.8, 4) is 0 Å². The van der Waals surface area contributed by atoms with Crippen LogP contribution in [0.4, 0.5) is 0 Å². The molecule has 0 fully saturated rings. The highest BCUT2D eigenvalue weighted by molar-refractivity contribution is 6.03. The summed E-state index contributed by atoms with van der Waals surface area (Å²) >= 11 is 0. The van der Waals surface area contributed by atoms with Crippen LogP contribution < -0.4 is 5.73 Å². The Bertz CT molecular complexity index is 712. The lowest BCUT2D eigenvalue weighted by Gasteiger charge is -2.40. The van der Waals surface area contributed by atoms with Gasteiger partial charge in [-0.2, -0.15) is 0 Å². The normalized spacial score (nSPS) is 26.2. The second kappa shape index (κ2) is 8.90. The summed E-state index contributed by atoms with van der Waals surface area (Å²) < 4.78 is 0. The fourth-order valence-electron chi connectivity index (χ4n) is 4.54. The van der Waals surface area contributed by atoms with Gasteiger partial charge in [0, 0.05) is 30.6 Å². The standard InChI is InChI=1S/C21H31N3O4/c1-2-13(4-3-5-17(22)20(25)26)14-6-8-16-10-19-15(12-24(16)11-14)7-9-18(23-19)21(27)28/h11-13,16-18H,2-10,22H2,1H3,(H,25,26)(H,27,28). The Morgan fingerprint density at radius 3 is 2.71 bits per heavy atom. The van der Waals surface area contributed by atoms with Crippen LogP contribution in [0.3, 0.4) is 0 Å². The summed E-state index contributed by atoms with van der Waals surface area (Å²) in [5, 5.41) is 18.2. The quantitative estimate of drug-likeness (QED) is 0.588. The number of aliphatic imine (C=N–C) groups is 1. The van der Waals surface area contributed by atoms with Gasteiger partial charge in [-0.1, -0.05) is 18.9 Å². The molecule has 3 aliphatic rings. The Labute approximate surface area is 166 Å². The third kappa shape index (κ3) is 4.63. The number of carboxylic acid groups (broad SMARTS) is 2. The minimum atomic E-state index is -0.928. The molecule has 0 spiro atoms. The lowest BCUT2D eigenvalue weighted by Crippen LogP contribution is -2.39. The molecular weight excluding hydrogens is 358 g/mol. The van der Waals surface area contributed by atoms with E-state index in [4.69, 9.17) is 10.8 Å². The average Bonchev–Trinajstić information content (AvgIpc) is 2.68. The van der Waals surface area contributed by atoms with Crippen molar-refractivity contribution >= 4 is 17.7 Å². The average molecular weight is 389 g/mol. The summed E-state index contributed by atoms with van der Waals surface area (Å²) in [6, 6.07) is -1.00. The van der Waals surface area contributed by atoms with Gasteiger partial charge in [0.1, 0.15) is 12.1 Å². The zero-order chi connectivity index (χ0) is 20.3. The molecule has 0 radical (unpaired) electrons. The Morgan fingerprint density at radius 2 is 2.04 bits per heavy atom. The summed E-state index contributed by atoms with van der Waals surface area (Å²) in [6.07, 6.45) is 12.0. The molecule has 3 rings (SSSR count). The number of hydrogen-bond acceptors (Lipinski definition) is 5. The first-order chi connectivity index (χ1) is 13.4. The first-order valence-electron chi connectivity index (χ1n) is 10.4. The van der Waals surface area contributed by atoms with Crippen molar-refractivity contribution in [3.05, 3.63) is 23.5 Å². The van der Waals surface area contributed by atoms with Crippen molar-refractivity contribution in [1.29, 1.82) is 0 Å². The molecule has 0 saturated heterocycles. The molecule has 4 N–H and O–H groups in total. The number of hydrogen-bond donors (Lipinski definition) is 3. The predicted octanol–water partition coefficient (Wildman–Crippen LogP) is 2.92. The van der Waals surface area contributed by atoms with Crippen LogP contribution in [0.2, 0.25) is 0 Å². The van der Waals surface area contributed by atoms with Crippen LogP contribution in [0.15, 0.2) is 28.5 Å². The van der Waals surface area contributed by atoms with Crippen LogP contribution in [0, 0.1) is 5.92 Å². The molecule has 0 saturated carbocycles. The van der Waals surface area contributed by atoms with Gasteiger partial charge in [0.2, 0.25) is 0 Å². The topological polar surface area (TPSA) is 116 Å². The Balaban J connectivity index is 1.66. The van der Waals surface area contributed by atoms with Crippen molar-refractivity contribution in [3.63, 3.8) is 0 Å². The molecule has 4 atom stereocenters. The zero-order valence-electron chi connectivity index (χ0n) is 16.5. The SMILES string of the molecule is CCC(CCCC(N)C(=O)O)C1=CN2C=C3CCC(C(=O)O)N=C3CC2CC1. The summed E-state index contributed by atoms with van der Waals surface area (Å²) in [7, 11) is 0. The number of nitrogens with zero attached hydrogens (tertiary/aromatic N) is 2.